The van der Waals surface area contributed by atoms with Crippen molar-refractivity contribution in [1.29, 1.82) is 0 Å². The minimum atomic E-state index is -1.39. The molecular weight excluding hydrogens is 395 g/mol. The average molecular weight is 408 g/mol. The molecule has 1 aliphatic rings. The van der Waals surface area contributed by atoms with Gasteiger partial charge in [-0.15, -0.1) is 0 Å². The summed E-state index contributed by atoms with van der Waals surface area (Å²) >= 11 is 1.79. The fraction of sp³-hybridized carbons (Fsp3) is 0.500. The van der Waals surface area contributed by atoms with Gasteiger partial charge in [0.05, 0.1) is 13.2 Å². The lowest BCUT2D eigenvalue weighted by molar-refractivity contribution is -0.0555. The quantitative estimate of drug-likeness (QED) is 0.395. The van der Waals surface area contributed by atoms with E-state index < -0.39 is 42.4 Å². The van der Waals surface area contributed by atoms with Gasteiger partial charge in [-0.2, -0.15) is 0 Å². The molecule has 8 nitrogen and oxygen atoms in total. The Balaban J connectivity index is 2.43. The summed E-state index contributed by atoms with van der Waals surface area (Å²) in [6.45, 7) is -0.584. The van der Waals surface area contributed by atoms with Gasteiger partial charge >= 0.3 is 5.69 Å². The second-order valence-electron chi connectivity index (χ2n) is 4.43. The SMILES string of the molecule is O=c1ccn([C@@H]2O[C@@H](CO)[C@H](O)[C@@H]2O)c(=O)n1CC#CI. The molecule has 0 spiro atoms. The normalized spacial score (nSPS) is 28.2. The fourth-order valence-electron chi connectivity index (χ4n) is 2.09. The summed E-state index contributed by atoms with van der Waals surface area (Å²) in [5, 5.41) is 28.7. The van der Waals surface area contributed by atoms with Crippen molar-refractivity contribution in [3.8, 4) is 9.85 Å². The molecule has 2 rings (SSSR count). The molecule has 4 atom stereocenters. The molecule has 114 valence electrons. The smallest absolute Gasteiger partial charge is 0.334 e. The first-order valence-corrected chi connectivity index (χ1v) is 7.12. The zero-order valence-electron chi connectivity index (χ0n) is 10.7. The summed E-state index contributed by atoms with van der Waals surface area (Å²) < 4.78 is 9.70. The Bertz CT molecular complexity index is 687. The molecule has 21 heavy (non-hydrogen) atoms. The second kappa shape index (κ2) is 6.71. The predicted molar refractivity (Wildman–Crippen MR) is 79.8 cm³/mol. The van der Waals surface area contributed by atoms with Gasteiger partial charge in [-0.1, -0.05) is 5.92 Å². The number of nitrogens with zero attached hydrogens (tertiary/aromatic N) is 2. The first-order chi connectivity index (χ1) is 10.0. The molecule has 2 heterocycles. The molecule has 9 heteroatoms. The molecular formula is C12H13IN2O6. The Hall–Kier alpha value is -1.19. The van der Waals surface area contributed by atoms with E-state index in [0.717, 1.165) is 15.2 Å². The molecule has 0 radical (unpaired) electrons. The lowest BCUT2D eigenvalue weighted by atomic mass is 10.1. The standard InChI is InChI=1S/C12H13IN2O6/c13-3-1-4-14-8(17)2-5-15(12(14)20)11-10(19)9(18)7(6-16)21-11/h2,5,7,9-11,16,18-19H,4,6H2/t7-,9-,10-,11+/m0/s1. The molecule has 1 saturated heterocycles. The van der Waals surface area contributed by atoms with E-state index in [4.69, 9.17) is 9.84 Å². The van der Waals surface area contributed by atoms with E-state index in [0.29, 0.717) is 0 Å². The van der Waals surface area contributed by atoms with Gasteiger partial charge in [0.1, 0.15) is 18.3 Å². The van der Waals surface area contributed by atoms with Crippen molar-refractivity contribution in [1.82, 2.24) is 9.13 Å². The van der Waals surface area contributed by atoms with Crippen LogP contribution in [0.1, 0.15) is 6.23 Å². The van der Waals surface area contributed by atoms with Crippen LogP contribution in [0.15, 0.2) is 21.9 Å². The van der Waals surface area contributed by atoms with Gasteiger partial charge in [0.25, 0.3) is 5.56 Å². The summed E-state index contributed by atoms with van der Waals surface area (Å²) in [6, 6.07) is 1.14. The number of hydrogen-bond donors (Lipinski definition) is 3. The molecule has 1 aromatic heterocycles. The average Bonchev–Trinajstić information content (AvgIpc) is 2.75. The monoisotopic (exact) mass is 408 g/mol. The van der Waals surface area contributed by atoms with Crippen molar-refractivity contribution in [3.63, 3.8) is 0 Å². The fourth-order valence-corrected chi connectivity index (χ4v) is 2.26. The highest BCUT2D eigenvalue weighted by atomic mass is 127. The summed E-state index contributed by atoms with van der Waals surface area (Å²) in [4.78, 5) is 23.9. The molecule has 3 N–H and O–H groups in total. The number of aliphatic hydroxyl groups is 3. The third kappa shape index (κ3) is 3.04. The number of hydrogen-bond acceptors (Lipinski definition) is 6. The van der Waals surface area contributed by atoms with Gasteiger partial charge in [-0.3, -0.25) is 9.36 Å². The van der Waals surface area contributed by atoms with Crippen molar-refractivity contribution in [3.05, 3.63) is 33.1 Å². The molecule has 0 bridgehead atoms. The van der Waals surface area contributed by atoms with Crippen molar-refractivity contribution in [2.45, 2.75) is 31.1 Å². The summed E-state index contributed by atoms with van der Waals surface area (Å²) in [5.74, 6) is 2.60. The van der Waals surface area contributed by atoms with Crippen LogP contribution in [0.25, 0.3) is 0 Å². The van der Waals surface area contributed by atoms with Crippen LogP contribution in [0.4, 0.5) is 0 Å². The van der Waals surface area contributed by atoms with Gasteiger partial charge in [-0.05, 0) is 3.93 Å². The van der Waals surface area contributed by atoms with Gasteiger partial charge < -0.3 is 20.1 Å². The first-order valence-electron chi connectivity index (χ1n) is 6.04. The Kier molecular flexibility index (Phi) is 5.17. The van der Waals surface area contributed by atoms with Crippen LogP contribution in [0.5, 0.6) is 0 Å². The minimum Gasteiger partial charge on any atom is -0.394 e. The number of aromatic nitrogens is 2. The molecule has 0 amide bonds. The largest absolute Gasteiger partial charge is 0.394 e. The molecule has 0 aromatic carbocycles. The lowest BCUT2D eigenvalue weighted by Crippen LogP contribution is -2.42. The van der Waals surface area contributed by atoms with Crippen LogP contribution in [-0.2, 0) is 11.3 Å². The van der Waals surface area contributed by atoms with E-state index in [1.54, 1.807) is 22.6 Å². The van der Waals surface area contributed by atoms with Crippen LogP contribution in [0.3, 0.4) is 0 Å². The van der Waals surface area contributed by atoms with E-state index in [-0.39, 0.29) is 6.54 Å². The van der Waals surface area contributed by atoms with E-state index in [1.165, 1.54) is 6.20 Å². The number of rotatable bonds is 3. The van der Waals surface area contributed by atoms with Gasteiger partial charge in [0.2, 0.25) is 0 Å². The predicted octanol–water partition coefficient (Wildman–Crippen LogP) is -1.98. The van der Waals surface area contributed by atoms with Crippen molar-refractivity contribution >= 4 is 22.6 Å². The highest BCUT2D eigenvalue weighted by Crippen LogP contribution is 2.27. The first kappa shape index (κ1) is 16.2. The van der Waals surface area contributed by atoms with Crippen LogP contribution in [-0.4, -0.2) is 49.4 Å². The molecule has 0 unspecified atom stereocenters. The second-order valence-corrected chi connectivity index (χ2v) is 4.97. The van der Waals surface area contributed by atoms with Crippen molar-refractivity contribution in [2.75, 3.05) is 6.61 Å². The number of halogens is 1. The third-order valence-electron chi connectivity index (χ3n) is 3.19. The topological polar surface area (TPSA) is 114 Å². The van der Waals surface area contributed by atoms with Crippen LogP contribution < -0.4 is 11.2 Å². The third-order valence-corrected chi connectivity index (χ3v) is 3.57. The van der Waals surface area contributed by atoms with Gasteiger partial charge in [0.15, 0.2) is 6.23 Å². The zero-order valence-corrected chi connectivity index (χ0v) is 12.9. The Labute approximate surface area is 132 Å². The Morgan fingerprint density at radius 3 is 2.62 bits per heavy atom. The Morgan fingerprint density at radius 2 is 2.05 bits per heavy atom. The highest BCUT2D eigenvalue weighted by Gasteiger charge is 2.43. The molecule has 1 aliphatic heterocycles. The van der Waals surface area contributed by atoms with Crippen molar-refractivity contribution < 1.29 is 20.1 Å². The van der Waals surface area contributed by atoms with Crippen LogP contribution in [0, 0.1) is 9.85 Å². The number of aliphatic hydroxyl groups excluding tert-OH is 3. The number of ether oxygens (including phenoxy) is 1. The minimum absolute atomic E-state index is 0.0871. The summed E-state index contributed by atoms with van der Waals surface area (Å²) in [6.07, 6.45) is -3.70. The maximum Gasteiger partial charge on any atom is 0.334 e. The maximum absolute atomic E-state index is 12.3. The highest BCUT2D eigenvalue weighted by molar-refractivity contribution is 14.1. The van der Waals surface area contributed by atoms with Gasteiger partial charge in [-0.25, -0.2) is 9.36 Å². The van der Waals surface area contributed by atoms with Crippen LogP contribution in [0.2, 0.25) is 0 Å². The van der Waals surface area contributed by atoms with Gasteiger partial charge in [0, 0.05) is 34.9 Å². The summed E-state index contributed by atoms with van der Waals surface area (Å²) in [7, 11) is 0. The van der Waals surface area contributed by atoms with E-state index >= 15 is 0 Å². The van der Waals surface area contributed by atoms with Crippen LogP contribution >= 0.6 is 22.6 Å². The molecule has 1 fully saturated rings. The molecule has 0 aliphatic carbocycles. The van der Waals surface area contributed by atoms with Crippen molar-refractivity contribution in [2.24, 2.45) is 0 Å². The van der Waals surface area contributed by atoms with E-state index in [9.17, 15) is 19.8 Å². The molecule has 0 saturated carbocycles. The maximum atomic E-state index is 12.3. The Morgan fingerprint density at radius 1 is 1.33 bits per heavy atom. The molecule has 1 aromatic rings. The summed E-state index contributed by atoms with van der Waals surface area (Å²) in [5.41, 5.74) is -1.24. The van der Waals surface area contributed by atoms with E-state index in [1.807, 2.05) is 0 Å². The van der Waals surface area contributed by atoms with E-state index in [2.05, 4.69) is 9.85 Å². The lowest BCUT2D eigenvalue weighted by Gasteiger charge is -2.18. The zero-order chi connectivity index (χ0) is 15.6.